The summed E-state index contributed by atoms with van der Waals surface area (Å²) in [6.07, 6.45) is 0. The molecule has 0 heterocycles. The Morgan fingerprint density at radius 1 is 0.613 bits per heavy atom. The third-order valence-electron chi connectivity index (χ3n) is 3.97. The van der Waals surface area contributed by atoms with Crippen LogP contribution < -0.4 is 9.47 Å². The summed E-state index contributed by atoms with van der Waals surface area (Å²) in [4.78, 5) is 0. The van der Waals surface area contributed by atoms with E-state index in [-0.39, 0.29) is 0 Å². The second kappa shape index (κ2) is 14.3. The lowest BCUT2D eigenvalue weighted by Crippen LogP contribution is -2.00. The van der Waals surface area contributed by atoms with Crippen molar-refractivity contribution in [1.29, 1.82) is 10.5 Å². The lowest BCUT2D eigenvalue weighted by atomic mass is 10.1. The highest BCUT2D eigenvalue weighted by Crippen LogP contribution is 2.18. The Bertz CT molecular complexity index is 916. The molecule has 0 bridgehead atoms. The summed E-state index contributed by atoms with van der Waals surface area (Å²) in [5, 5.41) is 17.7. The van der Waals surface area contributed by atoms with Crippen molar-refractivity contribution in [2.24, 2.45) is 0 Å². The van der Waals surface area contributed by atoms with Crippen molar-refractivity contribution in [2.45, 2.75) is 47.8 Å². The van der Waals surface area contributed by atoms with Crippen LogP contribution in [0.1, 0.15) is 55.5 Å². The fourth-order valence-electron chi connectivity index (χ4n) is 2.70. The van der Waals surface area contributed by atoms with Crippen LogP contribution in [0.4, 0.5) is 0 Å². The van der Waals surface area contributed by atoms with E-state index in [2.05, 4.69) is 30.3 Å². The summed E-state index contributed by atoms with van der Waals surface area (Å²) in [5.74, 6) is 1.46. The Hall–Kier alpha value is -3.76. The number of nitrogens with zero attached hydrogens (tertiary/aromatic N) is 2. The van der Waals surface area contributed by atoms with Gasteiger partial charge >= 0.3 is 0 Å². The molecule has 0 aliphatic carbocycles. The summed E-state index contributed by atoms with van der Waals surface area (Å²) in [6.45, 7) is 10.9. The van der Waals surface area contributed by atoms with E-state index in [9.17, 15) is 0 Å². The summed E-state index contributed by atoms with van der Waals surface area (Å²) < 4.78 is 11.6. The van der Waals surface area contributed by atoms with E-state index in [0.29, 0.717) is 24.3 Å². The maximum atomic E-state index is 8.84. The summed E-state index contributed by atoms with van der Waals surface area (Å²) >= 11 is 0. The highest BCUT2D eigenvalue weighted by Gasteiger charge is 2.03. The van der Waals surface area contributed by atoms with Crippen LogP contribution in [0.15, 0.2) is 66.7 Å². The third-order valence-corrected chi connectivity index (χ3v) is 3.97. The highest BCUT2D eigenvalue weighted by atomic mass is 16.5. The molecule has 0 unspecified atom stereocenters. The van der Waals surface area contributed by atoms with Gasteiger partial charge in [-0.2, -0.15) is 10.5 Å². The molecule has 0 aliphatic rings. The van der Waals surface area contributed by atoms with E-state index < -0.39 is 0 Å². The summed E-state index contributed by atoms with van der Waals surface area (Å²) in [5.41, 5.74) is 4.46. The molecule has 0 fully saturated rings. The van der Waals surface area contributed by atoms with Crippen LogP contribution >= 0.6 is 0 Å². The van der Waals surface area contributed by atoms with Crippen LogP contribution in [-0.2, 0) is 13.2 Å². The first-order valence-electron chi connectivity index (χ1n) is 10.5. The maximum Gasteiger partial charge on any atom is 0.119 e. The van der Waals surface area contributed by atoms with Crippen molar-refractivity contribution in [1.82, 2.24) is 0 Å². The Labute approximate surface area is 186 Å². The second-order valence-corrected chi connectivity index (χ2v) is 6.18. The van der Waals surface area contributed by atoms with E-state index >= 15 is 0 Å². The molecule has 0 N–H and O–H groups in total. The molecule has 3 aromatic carbocycles. The minimum Gasteiger partial charge on any atom is -0.489 e. The average Bonchev–Trinajstić information content (AvgIpc) is 2.84. The van der Waals surface area contributed by atoms with Gasteiger partial charge in [-0.15, -0.1) is 0 Å². The molecule has 0 saturated carbocycles. The number of nitriles is 2. The first kappa shape index (κ1) is 25.3. The van der Waals surface area contributed by atoms with Crippen molar-refractivity contribution < 1.29 is 9.47 Å². The van der Waals surface area contributed by atoms with Gasteiger partial charge in [0.2, 0.25) is 0 Å². The van der Waals surface area contributed by atoms with Gasteiger partial charge in [0.25, 0.3) is 0 Å². The first-order valence-corrected chi connectivity index (χ1v) is 10.5. The van der Waals surface area contributed by atoms with Gasteiger partial charge in [0.1, 0.15) is 24.7 Å². The van der Waals surface area contributed by atoms with E-state index in [4.69, 9.17) is 20.0 Å². The number of benzene rings is 3. The van der Waals surface area contributed by atoms with Gasteiger partial charge in [0.15, 0.2) is 0 Å². The Morgan fingerprint density at radius 2 is 0.968 bits per heavy atom. The third kappa shape index (κ3) is 8.64. The molecule has 160 valence electrons. The normalized spacial score (nSPS) is 9.00. The van der Waals surface area contributed by atoms with Crippen LogP contribution in [0, 0.1) is 29.6 Å². The molecule has 0 spiro atoms. The Morgan fingerprint density at radius 3 is 1.29 bits per heavy atom. The molecular formula is C27H30N2O2. The smallest absolute Gasteiger partial charge is 0.119 e. The fraction of sp³-hybridized carbons (Fsp3) is 0.259. The van der Waals surface area contributed by atoms with Crippen molar-refractivity contribution in [3.63, 3.8) is 0 Å². The van der Waals surface area contributed by atoms with Gasteiger partial charge in [-0.1, -0.05) is 45.4 Å². The maximum absolute atomic E-state index is 8.84. The molecule has 4 heteroatoms. The van der Waals surface area contributed by atoms with Gasteiger partial charge in [0.05, 0.1) is 23.3 Å². The SMILES string of the molecule is CC.CC.Cc1cc(COc2ccc(C#N)cc2)cc(COc2ccc(C#N)cc2)c1. The molecule has 3 rings (SSSR count). The number of rotatable bonds is 6. The molecule has 0 radical (unpaired) electrons. The number of aryl methyl sites for hydroxylation is 1. The minimum absolute atomic E-state index is 0.442. The zero-order chi connectivity index (χ0) is 23.1. The largest absolute Gasteiger partial charge is 0.489 e. The quantitative estimate of drug-likeness (QED) is 0.438. The number of ether oxygens (including phenoxy) is 2. The van der Waals surface area contributed by atoms with E-state index in [1.54, 1.807) is 48.5 Å². The molecule has 0 saturated heterocycles. The van der Waals surface area contributed by atoms with Crippen molar-refractivity contribution >= 4 is 0 Å². The van der Waals surface area contributed by atoms with Gasteiger partial charge in [-0.05, 0) is 72.6 Å². The fourth-order valence-corrected chi connectivity index (χ4v) is 2.70. The number of hydrogen-bond donors (Lipinski definition) is 0. The van der Waals surface area contributed by atoms with E-state index in [1.807, 2.05) is 34.6 Å². The van der Waals surface area contributed by atoms with Crippen LogP contribution in [0.3, 0.4) is 0 Å². The Balaban J connectivity index is 0.00000113. The van der Waals surface area contributed by atoms with Crippen molar-refractivity contribution in [3.05, 3.63) is 94.5 Å². The van der Waals surface area contributed by atoms with E-state index in [1.165, 1.54) is 0 Å². The minimum atomic E-state index is 0.442. The molecule has 3 aromatic rings. The van der Waals surface area contributed by atoms with Crippen molar-refractivity contribution in [3.8, 4) is 23.6 Å². The van der Waals surface area contributed by atoms with Gasteiger partial charge in [-0.3, -0.25) is 0 Å². The van der Waals surface area contributed by atoms with Crippen molar-refractivity contribution in [2.75, 3.05) is 0 Å². The van der Waals surface area contributed by atoms with Gasteiger partial charge in [0, 0.05) is 0 Å². The molecule has 0 aliphatic heterocycles. The molecule has 0 aromatic heterocycles. The lowest BCUT2D eigenvalue weighted by Gasteiger charge is -2.11. The first-order chi connectivity index (χ1) is 15.2. The van der Waals surface area contributed by atoms with Crippen LogP contribution in [0.2, 0.25) is 0 Å². The number of hydrogen-bond acceptors (Lipinski definition) is 4. The molecule has 31 heavy (non-hydrogen) atoms. The zero-order valence-corrected chi connectivity index (χ0v) is 19.0. The zero-order valence-electron chi connectivity index (χ0n) is 19.0. The lowest BCUT2D eigenvalue weighted by molar-refractivity contribution is 0.299. The monoisotopic (exact) mass is 414 g/mol. The molecule has 0 atom stereocenters. The average molecular weight is 415 g/mol. The standard InChI is InChI=1S/C23H18N2O2.2C2H6/c1-17-10-20(15-26-22-6-2-18(13-24)3-7-22)12-21(11-17)16-27-23-8-4-19(14-25)5-9-23;2*1-2/h2-12H,15-16H2,1H3;2*1-2H3. The molecule has 0 amide bonds. The summed E-state index contributed by atoms with van der Waals surface area (Å²) in [7, 11) is 0. The highest BCUT2D eigenvalue weighted by molar-refractivity contribution is 5.36. The van der Waals surface area contributed by atoms with Gasteiger partial charge in [-0.25, -0.2) is 0 Å². The summed E-state index contributed by atoms with van der Waals surface area (Å²) in [6, 6.07) is 24.5. The Kier molecular flexibility index (Phi) is 11.6. The topological polar surface area (TPSA) is 66.0 Å². The van der Waals surface area contributed by atoms with Crippen LogP contribution in [-0.4, -0.2) is 0 Å². The predicted octanol–water partition coefficient (Wildman–Crippen LogP) is 6.95. The van der Waals surface area contributed by atoms with Crippen LogP contribution in [0.5, 0.6) is 11.5 Å². The van der Waals surface area contributed by atoms with Gasteiger partial charge < -0.3 is 9.47 Å². The van der Waals surface area contributed by atoms with Crippen LogP contribution in [0.25, 0.3) is 0 Å². The molecular weight excluding hydrogens is 384 g/mol. The second-order valence-electron chi connectivity index (χ2n) is 6.18. The predicted molar refractivity (Wildman–Crippen MR) is 125 cm³/mol. The molecule has 4 nitrogen and oxygen atoms in total. The van der Waals surface area contributed by atoms with E-state index in [0.717, 1.165) is 28.2 Å².